The van der Waals surface area contributed by atoms with E-state index in [9.17, 15) is 13.6 Å². The minimum absolute atomic E-state index is 0.0829. The maximum absolute atomic E-state index is 12.3. The zero-order valence-electron chi connectivity index (χ0n) is 9.38. The molecular formula is C11H10BrClF2O3. The first-order valence-corrected chi connectivity index (χ1v) is 6.19. The quantitative estimate of drug-likeness (QED) is 0.606. The third kappa shape index (κ3) is 4.10. The van der Waals surface area contributed by atoms with Crippen LogP contribution >= 0.6 is 27.5 Å². The SMILES string of the molecule is COC(=O)Cc1c(Br)cc(CCl)cc1OC(F)F. The predicted molar refractivity (Wildman–Crippen MR) is 66.1 cm³/mol. The minimum atomic E-state index is -2.97. The van der Waals surface area contributed by atoms with Crippen LogP contribution in [0.4, 0.5) is 8.78 Å². The lowest BCUT2D eigenvalue weighted by atomic mass is 10.1. The van der Waals surface area contributed by atoms with Gasteiger partial charge in [0.15, 0.2) is 0 Å². The molecule has 1 aromatic rings. The van der Waals surface area contributed by atoms with E-state index in [0.717, 1.165) is 0 Å². The third-order valence-electron chi connectivity index (χ3n) is 2.13. The second-order valence-corrected chi connectivity index (χ2v) is 4.44. The monoisotopic (exact) mass is 342 g/mol. The number of halogens is 4. The van der Waals surface area contributed by atoms with Crippen LogP contribution in [0.15, 0.2) is 16.6 Å². The summed E-state index contributed by atoms with van der Waals surface area (Å²) in [7, 11) is 1.22. The molecule has 0 aliphatic heterocycles. The third-order valence-corrected chi connectivity index (χ3v) is 3.15. The number of rotatable bonds is 5. The molecule has 0 fully saturated rings. The number of benzene rings is 1. The Bertz CT molecular complexity index is 441. The van der Waals surface area contributed by atoms with Gasteiger partial charge in [0.2, 0.25) is 0 Å². The Kier molecular flexibility index (Phi) is 5.81. The standard InChI is InChI=1S/C11H10BrClF2O3/c1-17-10(16)4-7-8(12)2-6(5-13)3-9(7)18-11(14)15/h2-3,11H,4-5H2,1H3. The molecule has 0 spiro atoms. The number of hydrogen-bond donors (Lipinski definition) is 0. The van der Waals surface area contributed by atoms with Crippen molar-refractivity contribution in [2.75, 3.05) is 7.11 Å². The van der Waals surface area contributed by atoms with E-state index in [0.29, 0.717) is 15.6 Å². The Morgan fingerprint density at radius 2 is 2.17 bits per heavy atom. The fourth-order valence-electron chi connectivity index (χ4n) is 1.33. The van der Waals surface area contributed by atoms with Crippen molar-refractivity contribution in [3.63, 3.8) is 0 Å². The molecule has 0 aliphatic carbocycles. The maximum atomic E-state index is 12.3. The van der Waals surface area contributed by atoms with Crippen LogP contribution in [-0.4, -0.2) is 19.7 Å². The van der Waals surface area contributed by atoms with Crippen LogP contribution in [0, 0.1) is 0 Å². The number of carbonyl (C=O) groups excluding carboxylic acids is 1. The number of ether oxygens (including phenoxy) is 2. The lowest BCUT2D eigenvalue weighted by Crippen LogP contribution is -2.10. The van der Waals surface area contributed by atoms with Gasteiger partial charge in [-0.1, -0.05) is 15.9 Å². The van der Waals surface area contributed by atoms with E-state index < -0.39 is 12.6 Å². The van der Waals surface area contributed by atoms with Gasteiger partial charge in [0.25, 0.3) is 0 Å². The van der Waals surface area contributed by atoms with Gasteiger partial charge in [0, 0.05) is 15.9 Å². The van der Waals surface area contributed by atoms with Crippen LogP contribution in [0.2, 0.25) is 0 Å². The van der Waals surface area contributed by atoms with Crippen molar-refractivity contribution in [3.05, 3.63) is 27.7 Å². The van der Waals surface area contributed by atoms with Crippen LogP contribution in [0.3, 0.4) is 0 Å². The summed E-state index contributed by atoms with van der Waals surface area (Å²) < 4.78 is 34.0. The average molecular weight is 344 g/mol. The molecule has 0 aliphatic rings. The Morgan fingerprint density at radius 1 is 1.50 bits per heavy atom. The van der Waals surface area contributed by atoms with E-state index in [1.54, 1.807) is 6.07 Å². The zero-order chi connectivity index (χ0) is 13.7. The van der Waals surface area contributed by atoms with Gasteiger partial charge in [-0.25, -0.2) is 0 Å². The van der Waals surface area contributed by atoms with Crippen molar-refractivity contribution in [2.24, 2.45) is 0 Å². The van der Waals surface area contributed by atoms with E-state index in [2.05, 4.69) is 25.4 Å². The zero-order valence-corrected chi connectivity index (χ0v) is 11.7. The second-order valence-electron chi connectivity index (χ2n) is 3.32. The van der Waals surface area contributed by atoms with Crippen molar-refractivity contribution >= 4 is 33.5 Å². The van der Waals surface area contributed by atoms with Gasteiger partial charge in [-0.3, -0.25) is 4.79 Å². The molecule has 0 radical (unpaired) electrons. The van der Waals surface area contributed by atoms with Gasteiger partial charge in [0.1, 0.15) is 5.75 Å². The number of hydrogen-bond acceptors (Lipinski definition) is 3. The summed E-state index contributed by atoms with van der Waals surface area (Å²) in [6.07, 6.45) is -0.165. The lowest BCUT2D eigenvalue weighted by Gasteiger charge is -2.13. The number of esters is 1. The summed E-state index contributed by atoms with van der Waals surface area (Å²) in [4.78, 5) is 11.2. The van der Waals surface area contributed by atoms with Crippen LogP contribution in [-0.2, 0) is 21.8 Å². The molecule has 100 valence electrons. The smallest absolute Gasteiger partial charge is 0.387 e. The van der Waals surface area contributed by atoms with Gasteiger partial charge >= 0.3 is 12.6 Å². The highest BCUT2D eigenvalue weighted by atomic mass is 79.9. The first-order valence-electron chi connectivity index (χ1n) is 4.86. The molecule has 0 unspecified atom stereocenters. The van der Waals surface area contributed by atoms with Crippen molar-refractivity contribution in [1.82, 2.24) is 0 Å². The summed E-state index contributed by atoms with van der Waals surface area (Å²) in [5.74, 6) is -0.481. The lowest BCUT2D eigenvalue weighted by molar-refractivity contribution is -0.139. The van der Waals surface area contributed by atoms with Gasteiger partial charge in [-0.15, -0.1) is 11.6 Å². The fraction of sp³-hybridized carbons (Fsp3) is 0.364. The van der Waals surface area contributed by atoms with Crippen LogP contribution in [0.1, 0.15) is 11.1 Å². The van der Waals surface area contributed by atoms with Crippen molar-refractivity contribution in [3.8, 4) is 5.75 Å². The van der Waals surface area contributed by atoms with E-state index >= 15 is 0 Å². The summed E-state index contributed by atoms with van der Waals surface area (Å²) in [5, 5.41) is 0. The molecule has 0 saturated carbocycles. The second kappa shape index (κ2) is 6.89. The molecule has 0 amide bonds. The van der Waals surface area contributed by atoms with E-state index in [1.165, 1.54) is 13.2 Å². The fourth-order valence-corrected chi connectivity index (χ4v) is 2.12. The molecule has 0 atom stereocenters. The maximum Gasteiger partial charge on any atom is 0.387 e. The molecule has 0 N–H and O–H groups in total. The Balaban J connectivity index is 3.15. The normalized spacial score (nSPS) is 10.6. The Hall–Kier alpha value is -0.880. The van der Waals surface area contributed by atoms with E-state index in [4.69, 9.17) is 11.6 Å². The van der Waals surface area contributed by atoms with Gasteiger partial charge in [-0.05, 0) is 17.7 Å². The van der Waals surface area contributed by atoms with Crippen LogP contribution in [0.25, 0.3) is 0 Å². The topological polar surface area (TPSA) is 35.5 Å². The molecule has 0 aromatic heterocycles. The summed E-state index contributed by atoms with van der Waals surface area (Å²) >= 11 is 8.83. The average Bonchev–Trinajstić information content (AvgIpc) is 2.32. The number of carbonyl (C=O) groups is 1. The first kappa shape index (κ1) is 15.2. The van der Waals surface area contributed by atoms with Crippen molar-refractivity contribution in [1.29, 1.82) is 0 Å². The molecule has 1 rings (SSSR count). The van der Waals surface area contributed by atoms with Crippen LogP contribution < -0.4 is 4.74 Å². The molecule has 3 nitrogen and oxygen atoms in total. The predicted octanol–water partition coefficient (Wildman–Crippen LogP) is 3.50. The van der Waals surface area contributed by atoms with E-state index in [1.807, 2.05) is 0 Å². The van der Waals surface area contributed by atoms with E-state index in [-0.39, 0.29) is 18.1 Å². The molecule has 0 heterocycles. The Morgan fingerprint density at radius 3 is 2.67 bits per heavy atom. The highest BCUT2D eigenvalue weighted by Crippen LogP contribution is 2.31. The van der Waals surface area contributed by atoms with Crippen molar-refractivity contribution < 1.29 is 23.0 Å². The van der Waals surface area contributed by atoms with Gasteiger partial charge in [0.05, 0.1) is 13.5 Å². The molecule has 18 heavy (non-hydrogen) atoms. The highest BCUT2D eigenvalue weighted by molar-refractivity contribution is 9.10. The first-order chi connectivity index (χ1) is 8.47. The molecule has 0 saturated heterocycles. The number of methoxy groups -OCH3 is 1. The minimum Gasteiger partial charge on any atom is -0.469 e. The van der Waals surface area contributed by atoms with Gasteiger partial charge in [-0.2, -0.15) is 8.78 Å². The molecular weight excluding hydrogens is 333 g/mol. The van der Waals surface area contributed by atoms with Gasteiger partial charge < -0.3 is 9.47 Å². The highest BCUT2D eigenvalue weighted by Gasteiger charge is 2.17. The molecule has 1 aromatic carbocycles. The summed E-state index contributed by atoms with van der Waals surface area (Å²) in [6, 6.07) is 3.02. The largest absolute Gasteiger partial charge is 0.469 e. The molecule has 0 bridgehead atoms. The summed E-state index contributed by atoms with van der Waals surface area (Å²) in [6.45, 7) is -2.97. The molecule has 7 heteroatoms. The number of alkyl halides is 3. The van der Waals surface area contributed by atoms with Crippen molar-refractivity contribution in [2.45, 2.75) is 18.9 Å². The van der Waals surface area contributed by atoms with Crippen LogP contribution in [0.5, 0.6) is 5.75 Å². The summed E-state index contributed by atoms with van der Waals surface area (Å²) in [5.41, 5.74) is 0.906. The Labute approximate surface area is 116 Å².